The Kier molecular flexibility index (Phi) is 5.04. The van der Waals surface area contributed by atoms with E-state index in [2.05, 4.69) is 10.5 Å². The molecule has 2 aromatic rings. The fraction of sp³-hybridized carbons (Fsp3) is 0.385. The predicted molar refractivity (Wildman–Crippen MR) is 78.2 cm³/mol. The summed E-state index contributed by atoms with van der Waals surface area (Å²) in [4.78, 5) is 13.1. The quantitative estimate of drug-likeness (QED) is 0.890. The van der Waals surface area contributed by atoms with Gasteiger partial charge in [-0.05, 0) is 25.3 Å². The number of rotatable bonds is 6. The average Bonchev–Trinajstić information content (AvgIpc) is 3.04. The summed E-state index contributed by atoms with van der Waals surface area (Å²) in [5.74, 6) is 1.52. The summed E-state index contributed by atoms with van der Waals surface area (Å²) in [5, 5.41) is 8.65. The Labute approximate surface area is 120 Å². The van der Waals surface area contributed by atoms with Crippen molar-refractivity contribution in [2.24, 2.45) is 0 Å². The Morgan fingerprint density at radius 3 is 3.11 bits per heavy atom. The largest absolute Gasteiger partial charge is 0.360 e. The highest BCUT2D eigenvalue weighted by atomic mass is 32.2. The van der Waals surface area contributed by atoms with Crippen LogP contribution in [0.5, 0.6) is 0 Å². The van der Waals surface area contributed by atoms with Crippen LogP contribution < -0.4 is 5.32 Å². The van der Waals surface area contributed by atoms with E-state index in [1.54, 1.807) is 23.1 Å². The molecule has 2 heterocycles. The highest BCUT2D eigenvalue weighted by Crippen LogP contribution is 2.18. The minimum Gasteiger partial charge on any atom is -0.360 e. The number of hydrogen-bond acceptors (Lipinski definition) is 5. The number of thioether (sulfide) groups is 1. The number of amides is 1. The second-order valence-electron chi connectivity index (χ2n) is 4.19. The summed E-state index contributed by atoms with van der Waals surface area (Å²) >= 11 is 3.19. The molecular weight excluding hydrogens is 280 g/mol. The third-order valence-electron chi connectivity index (χ3n) is 2.54. The van der Waals surface area contributed by atoms with E-state index in [0.29, 0.717) is 12.3 Å². The molecule has 0 spiro atoms. The zero-order valence-electron chi connectivity index (χ0n) is 10.9. The fourth-order valence-electron chi connectivity index (χ4n) is 1.50. The van der Waals surface area contributed by atoms with E-state index in [-0.39, 0.29) is 11.2 Å². The van der Waals surface area contributed by atoms with Crippen molar-refractivity contribution in [1.29, 1.82) is 0 Å². The first-order valence-corrected chi connectivity index (χ1v) is 7.92. The Bertz CT molecular complexity index is 522. The van der Waals surface area contributed by atoms with Crippen molar-refractivity contribution in [2.45, 2.75) is 31.4 Å². The van der Waals surface area contributed by atoms with E-state index in [1.807, 2.05) is 37.4 Å². The molecule has 0 saturated carbocycles. The molecule has 0 aliphatic rings. The van der Waals surface area contributed by atoms with Crippen LogP contribution in [0.15, 0.2) is 28.1 Å². The number of nitrogens with zero attached hydrogens (tertiary/aromatic N) is 1. The van der Waals surface area contributed by atoms with Gasteiger partial charge >= 0.3 is 0 Å². The second-order valence-corrected chi connectivity index (χ2v) is 6.55. The van der Waals surface area contributed by atoms with Crippen molar-refractivity contribution in [3.8, 4) is 0 Å². The summed E-state index contributed by atoms with van der Waals surface area (Å²) < 4.78 is 5.11. The first-order chi connectivity index (χ1) is 9.15. The van der Waals surface area contributed by atoms with Gasteiger partial charge in [-0.25, -0.2) is 0 Å². The number of nitrogens with one attached hydrogen (secondary N) is 1. The van der Waals surface area contributed by atoms with Crippen molar-refractivity contribution < 1.29 is 9.32 Å². The minimum atomic E-state index is -0.106. The number of thiophene rings is 1. The summed E-state index contributed by atoms with van der Waals surface area (Å²) in [6.45, 7) is 4.38. The molecule has 0 radical (unpaired) electrons. The number of hydrogen-bond donors (Lipinski definition) is 1. The van der Waals surface area contributed by atoms with Gasteiger partial charge in [0, 0.05) is 10.9 Å². The normalized spacial score (nSPS) is 12.3. The highest BCUT2D eigenvalue weighted by molar-refractivity contribution is 7.99. The fourth-order valence-corrected chi connectivity index (χ4v) is 2.93. The maximum absolute atomic E-state index is 11.9. The van der Waals surface area contributed by atoms with E-state index in [0.717, 1.165) is 16.3 Å². The van der Waals surface area contributed by atoms with Gasteiger partial charge in [-0.15, -0.1) is 23.1 Å². The van der Waals surface area contributed by atoms with Gasteiger partial charge in [-0.3, -0.25) is 4.79 Å². The molecule has 19 heavy (non-hydrogen) atoms. The van der Waals surface area contributed by atoms with Crippen LogP contribution in [0.2, 0.25) is 0 Å². The lowest BCUT2D eigenvalue weighted by molar-refractivity contribution is -0.120. The van der Waals surface area contributed by atoms with Crippen LogP contribution in [0.3, 0.4) is 0 Å². The highest BCUT2D eigenvalue weighted by Gasteiger charge is 2.14. The molecule has 2 aromatic heterocycles. The molecule has 0 bridgehead atoms. The number of carbonyl (C=O) groups excluding carboxylic acids is 1. The van der Waals surface area contributed by atoms with E-state index in [4.69, 9.17) is 4.52 Å². The molecule has 2 rings (SSSR count). The zero-order chi connectivity index (χ0) is 13.7. The first kappa shape index (κ1) is 14.1. The Hall–Kier alpha value is -1.27. The molecule has 0 aliphatic carbocycles. The summed E-state index contributed by atoms with van der Waals surface area (Å²) in [7, 11) is 0. The van der Waals surface area contributed by atoms with Crippen molar-refractivity contribution in [3.63, 3.8) is 0 Å². The van der Waals surface area contributed by atoms with E-state index in [9.17, 15) is 4.79 Å². The van der Waals surface area contributed by atoms with Gasteiger partial charge in [0.15, 0.2) is 0 Å². The predicted octanol–water partition coefficient (Wildman–Crippen LogP) is 2.98. The molecule has 102 valence electrons. The molecular formula is C13H16N2O2S2. The van der Waals surface area contributed by atoms with Crippen molar-refractivity contribution >= 4 is 29.0 Å². The number of carbonyl (C=O) groups is 1. The number of aryl methyl sites for hydroxylation is 1. The van der Waals surface area contributed by atoms with Gasteiger partial charge in [-0.1, -0.05) is 11.2 Å². The maximum atomic E-state index is 11.9. The minimum absolute atomic E-state index is 0.0506. The van der Waals surface area contributed by atoms with Crippen LogP contribution in [0.25, 0.3) is 0 Å². The van der Waals surface area contributed by atoms with E-state index < -0.39 is 0 Å². The van der Waals surface area contributed by atoms with Crippen LogP contribution >= 0.6 is 23.1 Å². The summed E-state index contributed by atoms with van der Waals surface area (Å²) in [6, 6.07) is 5.89. The van der Waals surface area contributed by atoms with Gasteiger partial charge in [0.2, 0.25) is 5.91 Å². The Balaban J connectivity index is 1.73. The van der Waals surface area contributed by atoms with Gasteiger partial charge in [0.05, 0.1) is 23.2 Å². The lowest BCUT2D eigenvalue weighted by Crippen LogP contribution is -2.30. The molecule has 0 unspecified atom stereocenters. The molecule has 0 saturated heterocycles. The SMILES string of the molecule is Cc1cc(CS[C@H](C)C(=O)NCc2cccs2)on1. The molecule has 0 fully saturated rings. The lowest BCUT2D eigenvalue weighted by Gasteiger charge is -2.10. The van der Waals surface area contributed by atoms with Gasteiger partial charge < -0.3 is 9.84 Å². The monoisotopic (exact) mass is 296 g/mol. The standard InChI is InChI=1S/C13H16N2O2S2/c1-9-6-11(17-15-9)8-19-10(2)13(16)14-7-12-4-3-5-18-12/h3-6,10H,7-8H2,1-2H3,(H,14,16)/t10-/m1/s1. The third-order valence-corrected chi connectivity index (χ3v) is 4.58. The van der Waals surface area contributed by atoms with Crippen LogP contribution in [0.4, 0.5) is 0 Å². The molecule has 1 atom stereocenters. The van der Waals surface area contributed by atoms with Crippen molar-refractivity contribution in [2.75, 3.05) is 0 Å². The molecule has 0 aromatic carbocycles. The van der Waals surface area contributed by atoms with Crippen molar-refractivity contribution in [1.82, 2.24) is 10.5 Å². The lowest BCUT2D eigenvalue weighted by atomic mass is 10.4. The second kappa shape index (κ2) is 6.77. The van der Waals surface area contributed by atoms with Crippen LogP contribution in [-0.2, 0) is 17.1 Å². The van der Waals surface area contributed by atoms with E-state index >= 15 is 0 Å². The molecule has 0 aliphatic heterocycles. The smallest absolute Gasteiger partial charge is 0.233 e. The van der Waals surface area contributed by atoms with Crippen LogP contribution in [0.1, 0.15) is 23.3 Å². The summed E-state index contributed by atoms with van der Waals surface area (Å²) in [5.41, 5.74) is 0.866. The van der Waals surface area contributed by atoms with Crippen molar-refractivity contribution in [3.05, 3.63) is 39.9 Å². The third kappa shape index (κ3) is 4.40. The molecule has 4 nitrogen and oxygen atoms in total. The Morgan fingerprint density at radius 1 is 1.63 bits per heavy atom. The number of aromatic nitrogens is 1. The van der Waals surface area contributed by atoms with Gasteiger partial charge in [0.1, 0.15) is 5.76 Å². The van der Waals surface area contributed by atoms with E-state index in [1.165, 1.54) is 0 Å². The average molecular weight is 296 g/mol. The molecule has 1 amide bonds. The topological polar surface area (TPSA) is 55.1 Å². The summed E-state index contributed by atoms with van der Waals surface area (Å²) in [6.07, 6.45) is 0. The van der Waals surface area contributed by atoms with Crippen LogP contribution in [0, 0.1) is 6.92 Å². The zero-order valence-corrected chi connectivity index (χ0v) is 12.5. The first-order valence-electron chi connectivity index (χ1n) is 5.99. The van der Waals surface area contributed by atoms with Crippen LogP contribution in [-0.4, -0.2) is 16.3 Å². The molecule has 1 N–H and O–H groups in total. The van der Waals surface area contributed by atoms with Gasteiger partial charge in [0.25, 0.3) is 0 Å². The Morgan fingerprint density at radius 2 is 2.47 bits per heavy atom. The van der Waals surface area contributed by atoms with Gasteiger partial charge in [-0.2, -0.15) is 0 Å². The molecule has 6 heteroatoms. The maximum Gasteiger partial charge on any atom is 0.233 e.